The van der Waals surface area contributed by atoms with Crippen molar-refractivity contribution in [1.82, 2.24) is 4.90 Å². The average molecular weight is 366 g/mol. The van der Waals surface area contributed by atoms with Crippen LogP contribution in [0, 0.1) is 0 Å². The molecule has 0 heterocycles. The highest BCUT2D eigenvalue weighted by molar-refractivity contribution is 9.10. The van der Waals surface area contributed by atoms with E-state index in [1.54, 1.807) is 24.3 Å². The number of nitrogens with zero attached hydrogens (tertiary/aromatic N) is 1. The van der Waals surface area contributed by atoms with E-state index in [0.29, 0.717) is 5.75 Å². The summed E-state index contributed by atoms with van der Waals surface area (Å²) < 4.78 is 6.00. The van der Waals surface area contributed by atoms with E-state index < -0.39 is 0 Å². The Kier molecular flexibility index (Phi) is 5.69. The third-order valence-electron chi connectivity index (χ3n) is 3.51. The van der Waals surface area contributed by atoms with Crippen molar-refractivity contribution in [2.24, 2.45) is 0 Å². The number of hydrogen-bond donors (Lipinski definition) is 2. The van der Waals surface area contributed by atoms with Crippen molar-refractivity contribution in [3.63, 3.8) is 0 Å². The number of phenols is 2. The summed E-state index contributed by atoms with van der Waals surface area (Å²) in [6.07, 6.45) is 0.899. The number of rotatable bonds is 6. The molecule has 0 spiro atoms. The Morgan fingerprint density at radius 2 is 1.82 bits per heavy atom. The van der Waals surface area contributed by atoms with Gasteiger partial charge in [-0.1, -0.05) is 28.1 Å². The van der Waals surface area contributed by atoms with E-state index >= 15 is 0 Å². The highest BCUT2D eigenvalue weighted by atomic mass is 79.9. The molecule has 0 atom stereocenters. The highest BCUT2D eigenvalue weighted by Crippen LogP contribution is 2.32. The summed E-state index contributed by atoms with van der Waals surface area (Å²) in [5.74, 6) is 0.893. The zero-order valence-electron chi connectivity index (χ0n) is 12.7. The SMILES string of the molecule is COc1cc(Br)c(CN(C)CCc2ccc(O)cc2)cc1O. The molecule has 0 aliphatic rings. The summed E-state index contributed by atoms with van der Waals surface area (Å²) in [5.41, 5.74) is 2.19. The second-order valence-electron chi connectivity index (χ2n) is 5.27. The maximum Gasteiger partial charge on any atom is 0.161 e. The van der Waals surface area contributed by atoms with E-state index in [1.807, 2.05) is 19.2 Å². The Labute approximate surface area is 139 Å². The number of ether oxygens (including phenoxy) is 1. The summed E-state index contributed by atoms with van der Waals surface area (Å²) in [6.45, 7) is 1.60. The van der Waals surface area contributed by atoms with Crippen molar-refractivity contribution in [3.8, 4) is 17.2 Å². The van der Waals surface area contributed by atoms with Crippen molar-refractivity contribution >= 4 is 15.9 Å². The minimum atomic E-state index is 0.146. The van der Waals surface area contributed by atoms with Gasteiger partial charge < -0.3 is 19.8 Å². The fraction of sp³-hybridized carbons (Fsp3) is 0.294. The molecule has 2 rings (SSSR count). The number of hydrogen-bond acceptors (Lipinski definition) is 4. The fourth-order valence-electron chi connectivity index (χ4n) is 2.22. The average Bonchev–Trinajstić information content (AvgIpc) is 2.50. The van der Waals surface area contributed by atoms with Crippen molar-refractivity contribution in [2.45, 2.75) is 13.0 Å². The molecule has 0 aromatic heterocycles. The summed E-state index contributed by atoms with van der Waals surface area (Å²) in [4.78, 5) is 2.18. The highest BCUT2D eigenvalue weighted by Gasteiger charge is 2.10. The quantitative estimate of drug-likeness (QED) is 0.821. The second-order valence-corrected chi connectivity index (χ2v) is 6.12. The molecule has 0 fully saturated rings. The lowest BCUT2D eigenvalue weighted by Gasteiger charge is -2.18. The van der Waals surface area contributed by atoms with Crippen LogP contribution in [0.15, 0.2) is 40.9 Å². The van der Waals surface area contributed by atoms with Gasteiger partial charge in [-0.25, -0.2) is 0 Å². The minimum Gasteiger partial charge on any atom is -0.508 e. The maximum atomic E-state index is 9.87. The summed E-state index contributed by atoms with van der Waals surface area (Å²) >= 11 is 3.51. The second kappa shape index (κ2) is 7.51. The number of halogens is 1. The molecule has 0 unspecified atom stereocenters. The number of methoxy groups -OCH3 is 1. The Hall–Kier alpha value is -1.72. The van der Waals surface area contributed by atoms with Crippen LogP contribution in [-0.4, -0.2) is 35.8 Å². The third kappa shape index (κ3) is 4.39. The van der Waals surface area contributed by atoms with Gasteiger partial charge in [0.05, 0.1) is 7.11 Å². The first-order valence-electron chi connectivity index (χ1n) is 7.01. The van der Waals surface area contributed by atoms with Crippen LogP contribution in [0.4, 0.5) is 0 Å². The molecule has 0 aliphatic carbocycles. The van der Waals surface area contributed by atoms with E-state index in [-0.39, 0.29) is 11.5 Å². The van der Waals surface area contributed by atoms with Crippen LogP contribution in [0.5, 0.6) is 17.2 Å². The van der Waals surface area contributed by atoms with Gasteiger partial charge in [0.2, 0.25) is 0 Å². The number of aromatic hydroxyl groups is 2. The lowest BCUT2D eigenvalue weighted by molar-refractivity contribution is 0.328. The van der Waals surface area contributed by atoms with Crippen LogP contribution in [-0.2, 0) is 13.0 Å². The molecule has 4 nitrogen and oxygen atoms in total. The molecule has 0 saturated heterocycles. The molecule has 0 amide bonds. The summed E-state index contributed by atoms with van der Waals surface area (Å²) in [5, 5.41) is 19.2. The normalized spacial score (nSPS) is 10.9. The molecule has 0 aliphatic heterocycles. The van der Waals surface area contributed by atoms with E-state index in [0.717, 1.165) is 29.5 Å². The lowest BCUT2D eigenvalue weighted by atomic mass is 10.1. The smallest absolute Gasteiger partial charge is 0.161 e. The van der Waals surface area contributed by atoms with Gasteiger partial charge in [-0.05, 0) is 48.9 Å². The van der Waals surface area contributed by atoms with Crippen molar-refractivity contribution < 1.29 is 14.9 Å². The van der Waals surface area contributed by atoms with E-state index in [4.69, 9.17) is 4.74 Å². The zero-order chi connectivity index (χ0) is 16.1. The van der Waals surface area contributed by atoms with Crippen LogP contribution in [0.3, 0.4) is 0 Å². The van der Waals surface area contributed by atoms with Crippen molar-refractivity contribution in [2.75, 3.05) is 20.7 Å². The molecule has 2 aromatic carbocycles. The minimum absolute atomic E-state index is 0.146. The largest absolute Gasteiger partial charge is 0.508 e. The van der Waals surface area contributed by atoms with Crippen LogP contribution in [0.2, 0.25) is 0 Å². The fourth-order valence-corrected chi connectivity index (χ4v) is 2.67. The number of benzene rings is 2. The molecular weight excluding hydrogens is 346 g/mol. The van der Waals surface area contributed by atoms with Gasteiger partial charge in [0.25, 0.3) is 0 Å². The molecule has 0 bridgehead atoms. The predicted molar refractivity (Wildman–Crippen MR) is 90.5 cm³/mol. The van der Waals surface area contributed by atoms with E-state index in [2.05, 4.69) is 20.8 Å². The van der Waals surface area contributed by atoms with Gasteiger partial charge in [0.15, 0.2) is 11.5 Å². The Balaban J connectivity index is 1.95. The Morgan fingerprint density at radius 1 is 1.14 bits per heavy atom. The van der Waals surface area contributed by atoms with Gasteiger partial charge in [-0.15, -0.1) is 0 Å². The first-order chi connectivity index (χ1) is 10.5. The Bertz CT molecular complexity index is 629. The van der Waals surface area contributed by atoms with Gasteiger partial charge in [0.1, 0.15) is 5.75 Å². The van der Waals surface area contributed by atoms with E-state index in [9.17, 15) is 10.2 Å². The molecule has 0 saturated carbocycles. The van der Waals surface area contributed by atoms with Gasteiger partial charge in [-0.2, -0.15) is 0 Å². The first-order valence-corrected chi connectivity index (χ1v) is 7.80. The maximum absolute atomic E-state index is 9.87. The summed E-state index contributed by atoms with van der Waals surface area (Å²) in [6, 6.07) is 10.8. The standard InChI is InChI=1S/C17H20BrNO3/c1-19(8-7-12-3-5-14(20)6-4-12)11-13-9-16(21)17(22-2)10-15(13)18/h3-6,9-10,20-21H,7-8,11H2,1-2H3. The van der Waals surface area contributed by atoms with Crippen LogP contribution in [0.1, 0.15) is 11.1 Å². The molecule has 22 heavy (non-hydrogen) atoms. The molecular formula is C17H20BrNO3. The van der Waals surface area contributed by atoms with Crippen molar-refractivity contribution in [1.29, 1.82) is 0 Å². The zero-order valence-corrected chi connectivity index (χ0v) is 14.3. The van der Waals surface area contributed by atoms with E-state index in [1.165, 1.54) is 12.7 Å². The van der Waals surface area contributed by atoms with Gasteiger partial charge in [0, 0.05) is 17.6 Å². The van der Waals surface area contributed by atoms with Gasteiger partial charge >= 0.3 is 0 Å². The van der Waals surface area contributed by atoms with Gasteiger partial charge in [-0.3, -0.25) is 0 Å². The monoisotopic (exact) mass is 365 g/mol. The molecule has 0 radical (unpaired) electrons. The predicted octanol–water partition coefficient (Wildman–Crippen LogP) is 3.54. The van der Waals surface area contributed by atoms with Crippen LogP contribution in [0.25, 0.3) is 0 Å². The van der Waals surface area contributed by atoms with Crippen LogP contribution < -0.4 is 4.74 Å². The van der Waals surface area contributed by atoms with Crippen LogP contribution >= 0.6 is 15.9 Å². The first kappa shape index (κ1) is 16.6. The lowest BCUT2D eigenvalue weighted by Crippen LogP contribution is -2.21. The molecule has 5 heteroatoms. The molecule has 118 valence electrons. The van der Waals surface area contributed by atoms with Crippen molar-refractivity contribution in [3.05, 3.63) is 52.0 Å². The number of likely N-dealkylation sites (N-methyl/N-ethyl adjacent to an activating group) is 1. The molecule has 2 aromatic rings. The Morgan fingerprint density at radius 3 is 2.45 bits per heavy atom. The summed E-state index contributed by atoms with van der Waals surface area (Å²) in [7, 11) is 3.57. The number of phenolic OH excluding ortho intramolecular Hbond substituents is 2. The third-order valence-corrected chi connectivity index (χ3v) is 4.24. The molecule has 2 N–H and O–H groups in total. The topological polar surface area (TPSA) is 52.9 Å².